The molecule has 0 amide bonds. The zero-order chi connectivity index (χ0) is 11.4. The number of hydrogen-bond donors (Lipinski definition) is 0. The van der Waals surface area contributed by atoms with Gasteiger partial charge in [0.05, 0.1) is 5.41 Å². The zero-order valence-electron chi connectivity index (χ0n) is 9.54. The van der Waals surface area contributed by atoms with E-state index in [1.54, 1.807) is 13.8 Å². The molecule has 0 nitrogen and oxygen atoms in total. The molecule has 0 saturated heterocycles. The molecule has 0 aliphatic rings. The Balaban J connectivity index is 4.71. The van der Waals surface area contributed by atoms with E-state index >= 15 is 0 Å². The molecule has 0 aromatic rings. The van der Waals surface area contributed by atoms with Crippen molar-refractivity contribution in [2.75, 3.05) is 0 Å². The van der Waals surface area contributed by atoms with Crippen molar-refractivity contribution in [2.45, 2.75) is 59.6 Å². The van der Waals surface area contributed by atoms with E-state index < -0.39 is 11.6 Å². The van der Waals surface area contributed by atoms with Crippen LogP contribution in [0, 0.1) is 11.3 Å². The smallest absolute Gasteiger partial charge is 0.171 e. The second kappa shape index (κ2) is 5.04. The second-order valence-electron chi connectivity index (χ2n) is 4.20. The summed E-state index contributed by atoms with van der Waals surface area (Å²) in [5, 5.41) is 0. The van der Waals surface area contributed by atoms with Gasteiger partial charge in [-0.1, -0.05) is 34.1 Å². The normalized spacial score (nSPS) is 15.6. The first-order valence-electron chi connectivity index (χ1n) is 5.39. The summed E-state index contributed by atoms with van der Waals surface area (Å²) in [5.74, 6) is 0.150. The first-order chi connectivity index (χ1) is 6.33. The molecular formula is C11H21F3. The quantitative estimate of drug-likeness (QED) is 0.612. The number of halogens is 3. The number of alkyl halides is 3. The Hall–Kier alpha value is -0.210. The fraction of sp³-hybridized carbons (Fsp3) is 1.00. The molecule has 0 spiro atoms. The second-order valence-corrected chi connectivity index (χ2v) is 4.20. The standard InChI is InChI=1S/C11H21F3/c1-5-9(4)8-10(6-2,7-3)11(12,13)14/h9H,5-8H2,1-4H3. The van der Waals surface area contributed by atoms with Crippen LogP contribution >= 0.6 is 0 Å². The minimum Gasteiger partial charge on any atom is -0.171 e. The molecule has 0 rings (SSSR count). The van der Waals surface area contributed by atoms with Crippen LogP contribution in [0.25, 0.3) is 0 Å². The van der Waals surface area contributed by atoms with Gasteiger partial charge in [0, 0.05) is 0 Å². The number of hydrogen-bond acceptors (Lipinski definition) is 0. The van der Waals surface area contributed by atoms with E-state index in [0.717, 1.165) is 6.42 Å². The van der Waals surface area contributed by atoms with E-state index in [1.807, 2.05) is 13.8 Å². The Kier molecular flexibility index (Phi) is 4.96. The maximum absolute atomic E-state index is 12.9. The zero-order valence-corrected chi connectivity index (χ0v) is 9.54. The molecule has 3 heteroatoms. The monoisotopic (exact) mass is 210 g/mol. The molecule has 0 saturated carbocycles. The van der Waals surface area contributed by atoms with E-state index in [0.29, 0.717) is 0 Å². The van der Waals surface area contributed by atoms with Crippen LogP contribution < -0.4 is 0 Å². The molecule has 0 bridgehead atoms. The van der Waals surface area contributed by atoms with Crippen LogP contribution in [-0.4, -0.2) is 6.18 Å². The maximum Gasteiger partial charge on any atom is 0.394 e. The molecule has 0 radical (unpaired) electrons. The van der Waals surface area contributed by atoms with Gasteiger partial charge in [-0.25, -0.2) is 0 Å². The van der Waals surface area contributed by atoms with Gasteiger partial charge in [-0.2, -0.15) is 13.2 Å². The molecule has 14 heavy (non-hydrogen) atoms. The van der Waals surface area contributed by atoms with Crippen molar-refractivity contribution in [3.63, 3.8) is 0 Å². The summed E-state index contributed by atoms with van der Waals surface area (Å²) in [4.78, 5) is 0. The molecule has 0 aliphatic heterocycles. The first kappa shape index (κ1) is 13.8. The highest BCUT2D eigenvalue weighted by atomic mass is 19.4. The fourth-order valence-corrected chi connectivity index (χ4v) is 1.87. The van der Waals surface area contributed by atoms with E-state index in [2.05, 4.69) is 0 Å². The van der Waals surface area contributed by atoms with Gasteiger partial charge in [-0.3, -0.25) is 0 Å². The molecule has 0 fully saturated rings. The van der Waals surface area contributed by atoms with Crippen LogP contribution in [-0.2, 0) is 0 Å². The minimum absolute atomic E-state index is 0.150. The highest BCUT2D eigenvalue weighted by Gasteiger charge is 2.51. The number of rotatable bonds is 5. The van der Waals surface area contributed by atoms with Gasteiger partial charge in [0.15, 0.2) is 0 Å². The molecule has 0 aliphatic carbocycles. The van der Waals surface area contributed by atoms with E-state index in [9.17, 15) is 13.2 Å². The van der Waals surface area contributed by atoms with Crippen LogP contribution in [0.5, 0.6) is 0 Å². The van der Waals surface area contributed by atoms with Crippen molar-refractivity contribution >= 4 is 0 Å². The molecule has 1 unspecified atom stereocenters. The lowest BCUT2D eigenvalue weighted by atomic mass is 9.74. The molecular weight excluding hydrogens is 189 g/mol. The summed E-state index contributed by atoms with van der Waals surface area (Å²) in [6.45, 7) is 7.11. The van der Waals surface area contributed by atoms with Crippen molar-refractivity contribution in [2.24, 2.45) is 11.3 Å². The Morgan fingerprint density at radius 2 is 1.43 bits per heavy atom. The Morgan fingerprint density at radius 3 is 1.64 bits per heavy atom. The van der Waals surface area contributed by atoms with E-state index in [-0.39, 0.29) is 25.2 Å². The van der Waals surface area contributed by atoms with Crippen LogP contribution in [0.3, 0.4) is 0 Å². The lowest BCUT2D eigenvalue weighted by Crippen LogP contribution is -2.38. The first-order valence-corrected chi connectivity index (χ1v) is 5.39. The Morgan fingerprint density at radius 1 is 1.00 bits per heavy atom. The summed E-state index contributed by atoms with van der Waals surface area (Å²) < 4.78 is 38.6. The summed E-state index contributed by atoms with van der Waals surface area (Å²) in [5.41, 5.74) is -1.46. The largest absolute Gasteiger partial charge is 0.394 e. The molecule has 0 heterocycles. The minimum atomic E-state index is -4.06. The van der Waals surface area contributed by atoms with Gasteiger partial charge in [0.25, 0.3) is 0 Å². The van der Waals surface area contributed by atoms with Crippen molar-refractivity contribution in [1.82, 2.24) is 0 Å². The predicted octanol–water partition coefficient (Wildman–Crippen LogP) is 4.79. The third-order valence-corrected chi connectivity index (χ3v) is 3.39. The van der Waals surface area contributed by atoms with Gasteiger partial charge in [-0.05, 0) is 25.2 Å². The molecule has 86 valence electrons. The van der Waals surface area contributed by atoms with Gasteiger partial charge in [0.1, 0.15) is 0 Å². The summed E-state index contributed by atoms with van der Waals surface area (Å²) in [6.07, 6.45) is -2.59. The lowest BCUT2D eigenvalue weighted by molar-refractivity contribution is -0.232. The average Bonchev–Trinajstić information content (AvgIpc) is 2.11. The van der Waals surface area contributed by atoms with Gasteiger partial charge < -0.3 is 0 Å². The highest BCUT2D eigenvalue weighted by Crippen LogP contribution is 2.48. The fourth-order valence-electron chi connectivity index (χ4n) is 1.87. The van der Waals surface area contributed by atoms with Crippen molar-refractivity contribution in [1.29, 1.82) is 0 Å². The van der Waals surface area contributed by atoms with Crippen LogP contribution in [0.15, 0.2) is 0 Å². The summed E-state index contributed by atoms with van der Waals surface area (Å²) >= 11 is 0. The third kappa shape index (κ3) is 2.89. The van der Waals surface area contributed by atoms with E-state index in [1.165, 1.54) is 0 Å². The van der Waals surface area contributed by atoms with E-state index in [4.69, 9.17) is 0 Å². The maximum atomic E-state index is 12.9. The van der Waals surface area contributed by atoms with Gasteiger partial charge in [-0.15, -0.1) is 0 Å². The van der Waals surface area contributed by atoms with Crippen LogP contribution in [0.4, 0.5) is 13.2 Å². The SMILES string of the molecule is CCC(C)CC(CC)(CC)C(F)(F)F. The van der Waals surface area contributed by atoms with Gasteiger partial charge in [0.2, 0.25) is 0 Å². The van der Waals surface area contributed by atoms with Crippen LogP contribution in [0.2, 0.25) is 0 Å². The topological polar surface area (TPSA) is 0 Å². The molecule has 0 aromatic carbocycles. The molecule has 0 aromatic heterocycles. The highest BCUT2D eigenvalue weighted by molar-refractivity contribution is 4.85. The summed E-state index contributed by atoms with van der Waals surface area (Å²) in [6, 6.07) is 0. The Labute approximate surface area is 84.9 Å². The van der Waals surface area contributed by atoms with Gasteiger partial charge >= 0.3 is 6.18 Å². The lowest BCUT2D eigenvalue weighted by Gasteiger charge is -2.36. The summed E-state index contributed by atoms with van der Waals surface area (Å²) in [7, 11) is 0. The third-order valence-electron chi connectivity index (χ3n) is 3.39. The van der Waals surface area contributed by atoms with Crippen molar-refractivity contribution < 1.29 is 13.2 Å². The van der Waals surface area contributed by atoms with Crippen molar-refractivity contribution in [3.8, 4) is 0 Å². The molecule has 1 atom stereocenters. The Bertz CT molecular complexity index is 156. The van der Waals surface area contributed by atoms with Crippen LogP contribution in [0.1, 0.15) is 53.4 Å². The average molecular weight is 210 g/mol. The molecule has 0 N–H and O–H groups in total. The van der Waals surface area contributed by atoms with Crippen molar-refractivity contribution in [3.05, 3.63) is 0 Å². The predicted molar refractivity (Wildman–Crippen MR) is 53.1 cm³/mol.